The van der Waals surface area contributed by atoms with Crippen LogP contribution in [0.1, 0.15) is 72.7 Å². The highest BCUT2D eigenvalue weighted by Crippen LogP contribution is 2.66. The van der Waals surface area contributed by atoms with E-state index in [1.54, 1.807) is 5.57 Å². The van der Waals surface area contributed by atoms with Gasteiger partial charge in [0.25, 0.3) is 0 Å². The fraction of sp³-hybridized carbons (Fsp3) is 0.615. The van der Waals surface area contributed by atoms with E-state index in [2.05, 4.69) is 37.0 Å². The highest BCUT2D eigenvalue weighted by atomic mass is 16.5. The molecular weight excluding hydrogens is 358 g/mol. The SMILES string of the molecule is [2H]c1ccc(C2=CCC3C4CC=C5C[C@@H](OC(C)=O)CC[C@]5(C)C4CC[C@]23C)cn1. The average molecular weight is 393 g/mol. The van der Waals surface area contributed by atoms with Crippen LogP contribution in [0, 0.1) is 28.6 Å². The van der Waals surface area contributed by atoms with Crippen molar-refractivity contribution in [2.24, 2.45) is 28.6 Å². The summed E-state index contributed by atoms with van der Waals surface area (Å²) in [6.45, 7) is 6.49. The van der Waals surface area contributed by atoms with Crippen molar-refractivity contribution >= 4 is 11.5 Å². The van der Waals surface area contributed by atoms with Crippen molar-refractivity contribution in [3.8, 4) is 0 Å². The molecule has 4 aliphatic carbocycles. The van der Waals surface area contributed by atoms with Gasteiger partial charge in [0, 0.05) is 25.7 Å². The van der Waals surface area contributed by atoms with Crippen molar-refractivity contribution in [2.45, 2.75) is 71.8 Å². The molecule has 0 bridgehead atoms. The van der Waals surface area contributed by atoms with Crippen LogP contribution < -0.4 is 0 Å². The van der Waals surface area contributed by atoms with Gasteiger partial charge in [-0.1, -0.05) is 37.6 Å². The Balaban J connectivity index is 1.40. The second-order valence-corrected chi connectivity index (χ2v) is 10.2. The molecule has 2 saturated carbocycles. The number of esters is 1. The van der Waals surface area contributed by atoms with E-state index in [0.29, 0.717) is 12.1 Å². The van der Waals surface area contributed by atoms with Crippen LogP contribution in [0.5, 0.6) is 0 Å². The average Bonchev–Trinajstić information content (AvgIpc) is 3.06. The van der Waals surface area contributed by atoms with E-state index in [0.717, 1.165) is 43.9 Å². The summed E-state index contributed by atoms with van der Waals surface area (Å²) >= 11 is 0. The number of hydrogen-bond acceptors (Lipinski definition) is 3. The van der Waals surface area contributed by atoms with Gasteiger partial charge >= 0.3 is 5.97 Å². The predicted octanol–water partition coefficient (Wildman–Crippen LogP) is 5.97. The molecule has 0 N–H and O–H groups in total. The molecule has 0 radical (unpaired) electrons. The van der Waals surface area contributed by atoms with E-state index in [1.165, 1.54) is 30.9 Å². The summed E-state index contributed by atoms with van der Waals surface area (Å²) in [5, 5.41) is 0. The summed E-state index contributed by atoms with van der Waals surface area (Å²) in [7, 11) is 0. The number of aromatic nitrogens is 1. The molecule has 29 heavy (non-hydrogen) atoms. The summed E-state index contributed by atoms with van der Waals surface area (Å²) in [5.74, 6) is 1.99. The largest absolute Gasteiger partial charge is 0.462 e. The second-order valence-electron chi connectivity index (χ2n) is 10.2. The molecule has 0 saturated heterocycles. The molecule has 0 amide bonds. The minimum absolute atomic E-state index is 0.0690. The number of pyridine rings is 1. The highest BCUT2D eigenvalue weighted by molar-refractivity contribution is 5.72. The van der Waals surface area contributed by atoms with Gasteiger partial charge in [0.15, 0.2) is 0 Å². The van der Waals surface area contributed by atoms with Crippen LogP contribution in [0.25, 0.3) is 5.57 Å². The molecule has 0 spiro atoms. The summed E-state index contributed by atoms with van der Waals surface area (Å²) in [5.41, 5.74) is 4.68. The maximum Gasteiger partial charge on any atom is 0.302 e. The van der Waals surface area contributed by atoms with Crippen LogP contribution in [-0.2, 0) is 9.53 Å². The van der Waals surface area contributed by atoms with Gasteiger partial charge in [-0.2, -0.15) is 0 Å². The monoisotopic (exact) mass is 392 g/mol. The molecule has 0 aromatic carbocycles. The molecular formula is C26H33NO2. The van der Waals surface area contributed by atoms with E-state index >= 15 is 0 Å². The van der Waals surface area contributed by atoms with E-state index in [-0.39, 0.29) is 22.9 Å². The van der Waals surface area contributed by atoms with Gasteiger partial charge in [0.2, 0.25) is 0 Å². The molecule has 3 heteroatoms. The van der Waals surface area contributed by atoms with Gasteiger partial charge in [-0.05, 0) is 84.3 Å². The Morgan fingerprint density at radius 1 is 1.17 bits per heavy atom. The predicted molar refractivity (Wildman–Crippen MR) is 115 cm³/mol. The standard InChI is InChI=1S/C26H33NO2/c1-17(28)29-20-10-12-25(2)19(15-20)6-7-21-23-9-8-22(18-5-4-14-27-16-18)26(23,3)13-11-24(21)25/h4-6,8,14,16,20-21,23-24H,7,9-13,15H2,1-3H3/t20-,21?,23?,24?,25-,26+/m0/s1/i14D. The summed E-state index contributed by atoms with van der Waals surface area (Å²) in [6.07, 6.45) is 15.1. The van der Waals surface area contributed by atoms with Crippen LogP contribution in [0.3, 0.4) is 0 Å². The van der Waals surface area contributed by atoms with E-state index in [4.69, 9.17) is 6.11 Å². The second kappa shape index (κ2) is 6.82. The third kappa shape index (κ3) is 2.92. The van der Waals surface area contributed by atoms with Crippen molar-refractivity contribution < 1.29 is 10.9 Å². The summed E-state index contributed by atoms with van der Waals surface area (Å²) in [4.78, 5) is 15.7. The van der Waals surface area contributed by atoms with Crippen molar-refractivity contribution in [3.63, 3.8) is 0 Å². The Morgan fingerprint density at radius 3 is 2.76 bits per heavy atom. The Bertz CT molecular complexity index is 919. The van der Waals surface area contributed by atoms with Crippen LogP contribution in [0.2, 0.25) is 0 Å². The molecule has 1 aromatic heterocycles. The van der Waals surface area contributed by atoms with Gasteiger partial charge in [-0.25, -0.2) is 0 Å². The fourth-order valence-electron chi connectivity index (χ4n) is 7.46. The molecule has 4 aliphatic rings. The maximum absolute atomic E-state index is 11.4. The molecule has 0 aliphatic heterocycles. The molecule has 154 valence electrons. The zero-order valence-corrected chi connectivity index (χ0v) is 17.9. The first-order valence-electron chi connectivity index (χ1n) is 11.8. The quantitative estimate of drug-likeness (QED) is 0.460. The van der Waals surface area contributed by atoms with E-state index in [1.807, 2.05) is 12.3 Å². The smallest absolute Gasteiger partial charge is 0.302 e. The van der Waals surface area contributed by atoms with Crippen LogP contribution >= 0.6 is 0 Å². The third-order valence-electron chi connectivity index (χ3n) is 8.90. The molecule has 2 fully saturated rings. The first-order valence-corrected chi connectivity index (χ1v) is 11.3. The number of nitrogens with zero attached hydrogens (tertiary/aromatic N) is 1. The Kier molecular flexibility index (Phi) is 4.21. The highest BCUT2D eigenvalue weighted by Gasteiger charge is 2.56. The molecule has 6 atom stereocenters. The van der Waals surface area contributed by atoms with Crippen molar-refractivity contribution in [1.29, 1.82) is 0 Å². The number of ether oxygens (including phenoxy) is 1. The van der Waals surface area contributed by atoms with Gasteiger partial charge < -0.3 is 4.74 Å². The van der Waals surface area contributed by atoms with Crippen molar-refractivity contribution in [2.75, 3.05) is 0 Å². The number of rotatable bonds is 2. The Labute approximate surface area is 176 Å². The lowest BCUT2D eigenvalue weighted by molar-refractivity contribution is -0.148. The fourth-order valence-corrected chi connectivity index (χ4v) is 7.46. The van der Waals surface area contributed by atoms with Gasteiger partial charge in [-0.3, -0.25) is 9.78 Å². The minimum atomic E-state index is -0.149. The molecule has 5 rings (SSSR count). The lowest BCUT2D eigenvalue weighted by Gasteiger charge is -2.57. The first-order chi connectivity index (χ1) is 14.3. The molecule has 3 nitrogen and oxygen atoms in total. The number of carbonyl (C=O) groups excluding carboxylic acids is 1. The van der Waals surface area contributed by atoms with Gasteiger partial charge in [-0.15, -0.1) is 0 Å². The van der Waals surface area contributed by atoms with Crippen molar-refractivity contribution in [3.05, 3.63) is 47.8 Å². The summed E-state index contributed by atoms with van der Waals surface area (Å²) in [6, 6.07) is 3.90. The topological polar surface area (TPSA) is 39.2 Å². The zero-order valence-electron chi connectivity index (χ0n) is 18.9. The minimum Gasteiger partial charge on any atom is -0.462 e. The Morgan fingerprint density at radius 2 is 2.00 bits per heavy atom. The number of carbonyl (C=O) groups is 1. The molecule has 3 unspecified atom stereocenters. The van der Waals surface area contributed by atoms with Crippen LogP contribution in [-0.4, -0.2) is 17.1 Å². The zero-order chi connectivity index (χ0) is 21.1. The van der Waals surface area contributed by atoms with Crippen molar-refractivity contribution in [1.82, 2.24) is 4.98 Å². The third-order valence-corrected chi connectivity index (χ3v) is 8.90. The number of fused-ring (bicyclic) bond motifs is 5. The maximum atomic E-state index is 11.4. The lowest BCUT2D eigenvalue weighted by Crippen LogP contribution is -2.50. The molecule has 1 heterocycles. The van der Waals surface area contributed by atoms with Gasteiger partial charge in [0.1, 0.15) is 6.10 Å². The Hall–Kier alpha value is -1.90. The van der Waals surface area contributed by atoms with Gasteiger partial charge in [0.05, 0.1) is 1.37 Å². The van der Waals surface area contributed by atoms with E-state index < -0.39 is 0 Å². The normalized spacial score (nSPS) is 41.3. The van der Waals surface area contributed by atoms with E-state index in [9.17, 15) is 4.79 Å². The number of allylic oxidation sites excluding steroid dienone is 3. The van der Waals surface area contributed by atoms with Crippen LogP contribution in [0.15, 0.2) is 42.2 Å². The van der Waals surface area contributed by atoms with Crippen LogP contribution in [0.4, 0.5) is 0 Å². The summed E-state index contributed by atoms with van der Waals surface area (Å²) < 4.78 is 13.3. The lowest BCUT2D eigenvalue weighted by atomic mass is 9.47. The first kappa shape index (κ1) is 17.9. The molecule has 1 aromatic rings. The number of hydrogen-bond donors (Lipinski definition) is 0.